The van der Waals surface area contributed by atoms with Gasteiger partial charge >= 0.3 is 0 Å². The van der Waals surface area contributed by atoms with E-state index in [-0.39, 0.29) is 30.1 Å². The van der Waals surface area contributed by atoms with Gasteiger partial charge in [0.2, 0.25) is 0 Å². The van der Waals surface area contributed by atoms with E-state index in [1.54, 1.807) is 21.3 Å². The third-order valence-corrected chi connectivity index (χ3v) is 4.22. The molecule has 1 rings (SSSR count). The molecule has 0 spiro atoms. The predicted molar refractivity (Wildman–Crippen MR) is 123 cm³/mol. The zero-order valence-electron chi connectivity index (χ0n) is 17.5. The smallest absolute Gasteiger partial charge is 0.190 e. The maximum absolute atomic E-state index is 5.78. The molecule has 0 aliphatic rings. The average molecular weight is 493 g/mol. The fraction of sp³-hybridized carbons (Fsp3) is 0.650. The summed E-state index contributed by atoms with van der Waals surface area (Å²) in [7, 11) is 5.08. The first-order valence-corrected chi connectivity index (χ1v) is 9.32. The number of rotatable bonds is 11. The van der Waals surface area contributed by atoms with Crippen molar-refractivity contribution in [2.24, 2.45) is 10.9 Å². The lowest BCUT2D eigenvalue weighted by molar-refractivity contribution is 0.0258. The quantitative estimate of drug-likeness (QED) is 0.281. The molecule has 0 heterocycles. The minimum Gasteiger partial charge on any atom is -0.493 e. The molecule has 0 amide bonds. The summed E-state index contributed by atoms with van der Waals surface area (Å²) >= 11 is 0. The predicted octanol–water partition coefficient (Wildman–Crippen LogP) is 3.48. The van der Waals surface area contributed by atoms with Crippen molar-refractivity contribution in [3.8, 4) is 11.5 Å². The molecule has 0 saturated carbocycles. The topological polar surface area (TPSA) is 64.1 Å². The molecular formula is C20H36IN3O3. The van der Waals surface area contributed by atoms with Crippen LogP contribution in [0.5, 0.6) is 11.5 Å². The summed E-state index contributed by atoms with van der Waals surface area (Å²) in [5.74, 6) is 2.82. The van der Waals surface area contributed by atoms with E-state index >= 15 is 0 Å². The van der Waals surface area contributed by atoms with Crippen LogP contribution in [0.25, 0.3) is 0 Å². The van der Waals surface area contributed by atoms with Gasteiger partial charge in [0.05, 0.1) is 20.3 Å². The third-order valence-electron chi connectivity index (χ3n) is 4.22. The number of halogens is 1. The normalized spacial score (nSPS) is 12.3. The molecule has 0 radical (unpaired) electrons. The summed E-state index contributed by atoms with van der Waals surface area (Å²) in [5.41, 5.74) is 1.18. The Morgan fingerprint density at radius 1 is 1.07 bits per heavy atom. The van der Waals surface area contributed by atoms with Crippen molar-refractivity contribution in [2.75, 3.05) is 41.0 Å². The molecule has 1 aromatic rings. The number of guanidine groups is 1. The Hall–Kier alpha value is -1.22. The van der Waals surface area contributed by atoms with Crippen LogP contribution in [0, 0.1) is 5.92 Å². The van der Waals surface area contributed by atoms with Crippen molar-refractivity contribution in [3.05, 3.63) is 23.8 Å². The van der Waals surface area contributed by atoms with Crippen molar-refractivity contribution in [1.82, 2.24) is 10.6 Å². The van der Waals surface area contributed by atoms with E-state index < -0.39 is 0 Å². The van der Waals surface area contributed by atoms with E-state index in [1.807, 2.05) is 19.1 Å². The monoisotopic (exact) mass is 493 g/mol. The first kappa shape index (κ1) is 25.8. The van der Waals surface area contributed by atoms with Gasteiger partial charge in [-0.25, -0.2) is 0 Å². The molecule has 0 aliphatic heterocycles. The Kier molecular flexibility index (Phi) is 14.1. The number of nitrogens with zero attached hydrogens (tertiary/aromatic N) is 1. The Bertz CT molecular complexity index is 553. The van der Waals surface area contributed by atoms with Gasteiger partial charge in [0, 0.05) is 26.7 Å². The van der Waals surface area contributed by atoms with Crippen LogP contribution in [0.15, 0.2) is 23.2 Å². The van der Waals surface area contributed by atoms with Gasteiger partial charge < -0.3 is 24.8 Å². The van der Waals surface area contributed by atoms with Crippen molar-refractivity contribution >= 4 is 29.9 Å². The first-order chi connectivity index (χ1) is 12.5. The molecule has 0 aliphatic carbocycles. The van der Waals surface area contributed by atoms with Gasteiger partial charge in [-0.15, -0.1) is 24.0 Å². The van der Waals surface area contributed by atoms with Crippen LogP contribution in [0.1, 0.15) is 32.8 Å². The van der Waals surface area contributed by atoms with E-state index in [1.165, 1.54) is 5.56 Å². The summed E-state index contributed by atoms with van der Waals surface area (Å²) in [4.78, 5) is 4.28. The van der Waals surface area contributed by atoms with Gasteiger partial charge in [0.25, 0.3) is 0 Å². The molecule has 1 unspecified atom stereocenters. The maximum Gasteiger partial charge on any atom is 0.190 e. The lowest BCUT2D eigenvalue weighted by Gasteiger charge is -2.21. The van der Waals surface area contributed by atoms with Gasteiger partial charge in [-0.3, -0.25) is 4.99 Å². The number of methoxy groups -OCH3 is 2. The van der Waals surface area contributed by atoms with Crippen LogP contribution in [0.3, 0.4) is 0 Å². The molecule has 0 fully saturated rings. The fourth-order valence-electron chi connectivity index (χ4n) is 2.74. The minimum absolute atomic E-state index is 0. The molecular weight excluding hydrogens is 457 g/mol. The van der Waals surface area contributed by atoms with Crippen LogP contribution in [-0.4, -0.2) is 53.0 Å². The molecule has 6 nitrogen and oxygen atoms in total. The highest BCUT2D eigenvalue weighted by atomic mass is 127. The second-order valence-corrected chi connectivity index (χ2v) is 6.39. The number of nitrogens with one attached hydrogen (secondary N) is 2. The van der Waals surface area contributed by atoms with E-state index in [4.69, 9.17) is 14.2 Å². The lowest BCUT2D eigenvalue weighted by atomic mass is 10.0. The molecule has 0 aromatic heterocycles. The van der Waals surface area contributed by atoms with Gasteiger partial charge in [-0.2, -0.15) is 0 Å². The molecule has 27 heavy (non-hydrogen) atoms. The average Bonchev–Trinajstić information content (AvgIpc) is 2.65. The summed E-state index contributed by atoms with van der Waals surface area (Å²) < 4.78 is 16.4. The lowest BCUT2D eigenvalue weighted by Crippen LogP contribution is -2.40. The van der Waals surface area contributed by atoms with Crippen LogP contribution in [0.2, 0.25) is 0 Å². The highest BCUT2D eigenvalue weighted by Gasteiger charge is 2.13. The molecule has 2 N–H and O–H groups in total. The number of hydrogen-bond donors (Lipinski definition) is 2. The van der Waals surface area contributed by atoms with Gasteiger partial charge in [-0.05, 0) is 43.4 Å². The highest BCUT2D eigenvalue weighted by molar-refractivity contribution is 14.0. The van der Waals surface area contributed by atoms with E-state index in [2.05, 4.69) is 35.5 Å². The molecule has 7 heteroatoms. The highest BCUT2D eigenvalue weighted by Crippen LogP contribution is 2.27. The second kappa shape index (κ2) is 14.8. The number of ether oxygens (including phenoxy) is 3. The SMILES string of the molecule is CCOC(CCNC(=NC)NCCc1ccc(OC)c(OC)c1)C(C)C.I. The Balaban J connectivity index is 0.00000676. The van der Waals surface area contributed by atoms with E-state index in [0.29, 0.717) is 5.92 Å². The maximum atomic E-state index is 5.78. The zero-order valence-corrected chi connectivity index (χ0v) is 19.8. The number of hydrogen-bond acceptors (Lipinski definition) is 4. The largest absolute Gasteiger partial charge is 0.493 e. The zero-order chi connectivity index (χ0) is 19.4. The van der Waals surface area contributed by atoms with Crippen LogP contribution in [0.4, 0.5) is 0 Å². The van der Waals surface area contributed by atoms with Crippen LogP contribution in [-0.2, 0) is 11.2 Å². The van der Waals surface area contributed by atoms with Crippen molar-refractivity contribution in [1.29, 1.82) is 0 Å². The van der Waals surface area contributed by atoms with Crippen LogP contribution < -0.4 is 20.1 Å². The standard InChI is InChI=1S/C20H35N3O3.HI/c1-7-26-17(15(2)3)11-13-23-20(21-4)22-12-10-16-8-9-18(24-5)19(14-16)25-6;/h8-9,14-15,17H,7,10-13H2,1-6H3,(H2,21,22,23);1H. The first-order valence-electron chi connectivity index (χ1n) is 9.32. The molecule has 0 saturated heterocycles. The van der Waals surface area contributed by atoms with Crippen molar-refractivity contribution in [3.63, 3.8) is 0 Å². The fourth-order valence-corrected chi connectivity index (χ4v) is 2.74. The molecule has 1 atom stereocenters. The molecule has 156 valence electrons. The Morgan fingerprint density at radius 3 is 2.30 bits per heavy atom. The molecule has 0 bridgehead atoms. The Labute approximate surface area is 181 Å². The Morgan fingerprint density at radius 2 is 1.74 bits per heavy atom. The third kappa shape index (κ3) is 9.51. The van der Waals surface area contributed by atoms with E-state index in [9.17, 15) is 0 Å². The van der Waals surface area contributed by atoms with Crippen molar-refractivity contribution in [2.45, 2.75) is 39.7 Å². The van der Waals surface area contributed by atoms with Crippen molar-refractivity contribution < 1.29 is 14.2 Å². The summed E-state index contributed by atoms with van der Waals surface area (Å²) in [5, 5.41) is 6.70. The summed E-state index contributed by atoms with van der Waals surface area (Å²) in [6.45, 7) is 8.79. The van der Waals surface area contributed by atoms with Crippen LogP contribution >= 0.6 is 24.0 Å². The minimum atomic E-state index is 0. The van der Waals surface area contributed by atoms with E-state index in [0.717, 1.165) is 50.0 Å². The van der Waals surface area contributed by atoms with Gasteiger partial charge in [0.1, 0.15) is 0 Å². The second-order valence-electron chi connectivity index (χ2n) is 6.39. The number of aliphatic imine (C=N–C) groups is 1. The number of benzene rings is 1. The summed E-state index contributed by atoms with van der Waals surface area (Å²) in [6, 6.07) is 5.99. The van der Waals surface area contributed by atoms with Gasteiger partial charge in [-0.1, -0.05) is 19.9 Å². The summed E-state index contributed by atoms with van der Waals surface area (Å²) in [6.07, 6.45) is 2.11. The molecule has 1 aromatic carbocycles. The van der Waals surface area contributed by atoms with Gasteiger partial charge in [0.15, 0.2) is 17.5 Å².